The van der Waals surface area contributed by atoms with Crippen molar-refractivity contribution in [3.05, 3.63) is 35.9 Å². The second-order valence-corrected chi connectivity index (χ2v) is 6.80. The van der Waals surface area contributed by atoms with E-state index in [2.05, 4.69) is 17.4 Å². The molecule has 0 saturated carbocycles. The molecular weight excluding hydrogens is 304 g/mol. The van der Waals surface area contributed by atoms with Gasteiger partial charge in [0.1, 0.15) is 0 Å². The van der Waals surface area contributed by atoms with E-state index in [9.17, 15) is 9.59 Å². The van der Waals surface area contributed by atoms with Gasteiger partial charge in [-0.05, 0) is 23.9 Å². The summed E-state index contributed by atoms with van der Waals surface area (Å²) in [6.45, 7) is 5.54. The van der Waals surface area contributed by atoms with Crippen molar-refractivity contribution in [2.24, 2.45) is 23.3 Å². The molecule has 2 rings (SSSR count). The zero-order valence-corrected chi connectivity index (χ0v) is 14.4. The predicted octanol–water partition coefficient (Wildman–Crippen LogP) is 0.287. The van der Waals surface area contributed by atoms with E-state index in [1.807, 2.05) is 32.0 Å². The Morgan fingerprint density at radius 3 is 2.50 bits per heavy atom. The van der Waals surface area contributed by atoms with Crippen LogP contribution in [0.15, 0.2) is 30.3 Å². The van der Waals surface area contributed by atoms with E-state index in [0.717, 1.165) is 0 Å². The minimum absolute atomic E-state index is 0.0158. The van der Waals surface area contributed by atoms with E-state index in [4.69, 9.17) is 11.5 Å². The second-order valence-electron chi connectivity index (χ2n) is 6.80. The van der Waals surface area contributed by atoms with Crippen molar-refractivity contribution in [3.63, 3.8) is 0 Å². The van der Waals surface area contributed by atoms with Crippen LogP contribution in [0.5, 0.6) is 0 Å². The maximum atomic E-state index is 12.4. The lowest BCUT2D eigenvalue weighted by molar-refractivity contribution is -0.132. The fourth-order valence-corrected chi connectivity index (χ4v) is 3.09. The van der Waals surface area contributed by atoms with Crippen LogP contribution in [-0.4, -0.2) is 48.9 Å². The second kappa shape index (κ2) is 8.26. The standard InChI is InChI=1S/C18H28N4O2/c1-12(2)17(20)18(24)21-9-16(23)22-10-14(8-19)15(11-22)13-6-4-3-5-7-13/h3-7,12,14-15,17H,8-11,19-20H2,1-2H3,(H,21,24)/t14-,15+,17+/m1/s1. The lowest BCUT2D eigenvalue weighted by atomic mass is 9.89. The zero-order chi connectivity index (χ0) is 17.7. The molecule has 0 spiro atoms. The Balaban J connectivity index is 1.93. The van der Waals surface area contributed by atoms with Gasteiger partial charge in [-0.3, -0.25) is 9.59 Å². The number of nitrogens with zero attached hydrogens (tertiary/aromatic N) is 1. The van der Waals surface area contributed by atoms with Gasteiger partial charge in [-0.25, -0.2) is 0 Å². The van der Waals surface area contributed by atoms with Gasteiger partial charge in [-0.15, -0.1) is 0 Å². The normalized spacial score (nSPS) is 21.8. The molecule has 0 aromatic heterocycles. The van der Waals surface area contributed by atoms with E-state index >= 15 is 0 Å². The summed E-state index contributed by atoms with van der Waals surface area (Å²) >= 11 is 0. The number of benzene rings is 1. The number of rotatable bonds is 6. The van der Waals surface area contributed by atoms with Crippen molar-refractivity contribution in [1.29, 1.82) is 0 Å². The molecule has 3 atom stereocenters. The third-order valence-corrected chi connectivity index (χ3v) is 4.76. The van der Waals surface area contributed by atoms with Crippen LogP contribution in [0, 0.1) is 11.8 Å². The van der Waals surface area contributed by atoms with Crippen LogP contribution in [0.25, 0.3) is 0 Å². The topological polar surface area (TPSA) is 101 Å². The van der Waals surface area contributed by atoms with E-state index in [0.29, 0.717) is 19.6 Å². The average Bonchev–Trinajstić information content (AvgIpc) is 3.03. The van der Waals surface area contributed by atoms with Crippen molar-refractivity contribution < 1.29 is 9.59 Å². The van der Waals surface area contributed by atoms with Crippen LogP contribution in [0.2, 0.25) is 0 Å². The molecule has 1 aromatic rings. The van der Waals surface area contributed by atoms with Crippen molar-refractivity contribution in [3.8, 4) is 0 Å². The van der Waals surface area contributed by atoms with Gasteiger partial charge in [-0.2, -0.15) is 0 Å². The predicted molar refractivity (Wildman–Crippen MR) is 94.1 cm³/mol. The number of nitrogens with two attached hydrogens (primary N) is 2. The Bertz CT molecular complexity index is 561. The maximum Gasteiger partial charge on any atom is 0.241 e. The Hall–Kier alpha value is -1.92. The molecular formula is C18H28N4O2. The fourth-order valence-electron chi connectivity index (χ4n) is 3.09. The van der Waals surface area contributed by atoms with Crippen LogP contribution >= 0.6 is 0 Å². The molecule has 1 saturated heterocycles. The molecule has 2 amide bonds. The van der Waals surface area contributed by atoms with Crippen LogP contribution in [0.4, 0.5) is 0 Å². The molecule has 1 aliphatic rings. The summed E-state index contributed by atoms with van der Waals surface area (Å²) in [5.74, 6) is 0.151. The van der Waals surface area contributed by atoms with Crippen LogP contribution < -0.4 is 16.8 Å². The van der Waals surface area contributed by atoms with E-state index in [-0.39, 0.29) is 36.1 Å². The van der Waals surface area contributed by atoms with Crippen molar-refractivity contribution in [2.45, 2.75) is 25.8 Å². The Labute approximate surface area is 143 Å². The maximum absolute atomic E-state index is 12.4. The molecule has 0 bridgehead atoms. The number of nitrogens with one attached hydrogen (secondary N) is 1. The molecule has 132 valence electrons. The molecule has 1 heterocycles. The van der Waals surface area contributed by atoms with Crippen molar-refractivity contribution in [1.82, 2.24) is 10.2 Å². The molecule has 6 nitrogen and oxygen atoms in total. The Morgan fingerprint density at radius 1 is 1.25 bits per heavy atom. The number of carbonyl (C=O) groups excluding carboxylic acids is 2. The van der Waals surface area contributed by atoms with Crippen LogP contribution in [-0.2, 0) is 9.59 Å². The van der Waals surface area contributed by atoms with Gasteiger partial charge in [0.15, 0.2) is 0 Å². The number of amides is 2. The Morgan fingerprint density at radius 2 is 1.92 bits per heavy atom. The van der Waals surface area contributed by atoms with Crippen molar-refractivity contribution in [2.75, 3.05) is 26.2 Å². The third kappa shape index (κ3) is 4.33. The summed E-state index contributed by atoms with van der Waals surface area (Å²) in [4.78, 5) is 26.1. The van der Waals surface area contributed by atoms with Gasteiger partial charge in [-0.1, -0.05) is 44.2 Å². The summed E-state index contributed by atoms with van der Waals surface area (Å²) in [6.07, 6.45) is 0. The zero-order valence-electron chi connectivity index (χ0n) is 14.4. The van der Waals surface area contributed by atoms with Crippen LogP contribution in [0.1, 0.15) is 25.3 Å². The molecule has 1 aromatic carbocycles. The molecule has 0 radical (unpaired) electrons. The molecule has 1 aliphatic heterocycles. The summed E-state index contributed by atoms with van der Waals surface area (Å²) in [6, 6.07) is 9.54. The minimum atomic E-state index is -0.592. The van der Waals surface area contributed by atoms with Gasteiger partial charge in [0.2, 0.25) is 11.8 Å². The molecule has 0 unspecified atom stereocenters. The summed E-state index contributed by atoms with van der Waals surface area (Å²) in [5.41, 5.74) is 12.9. The van der Waals surface area contributed by atoms with Gasteiger partial charge in [0.05, 0.1) is 12.6 Å². The highest BCUT2D eigenvalue weighted by atomic mass is 16.2. The first kappa shape index (κ1) is 18.4. The monoisotopic (exact) mass is 332 g/mol. The van der Waals surface area contributed by atoms with Gasteiger partial charge in [0, 0.05) is 19.0 Å². The van der Waals surface area contributed by atoms with Gasteiger partial charge >= 0.3 is 0 Å². The number of likely N-dealkylation sites (tertiary alicyclic amines) is 1. The van der Waals surface area contributed by atoms with Crippen LogP contribution in [0.3, 0.4) is 0 Å². The highest BCUT2D eigenvalue weighted by Gasteiger charge is 2.35. The van der Waals surface area contributed by atoms with Crippen molar-refractivity contribution >= 4 is 11.8 Å². The van der Waals surface area contributed by atoms with E-state index in [1.54, 1.807) is 4.90 Å². The average molecular weight is 332 g/mol. The molecule has 24 heavy (non-hydrogen) atoms. The number of hydrogen-bond acceptors (Lipinski definition) is 4. The SMILES string of the molecule is CC(C)[C@H](N)C(=O)NCC(=O)N1C[C@@H](CN)[C@H](c2ccccc2)C1. The Kier molecular flexibility index (Phi) is 6.34. The highest BCUT2D eigenvalue weighted by molar-refractivity contribution is 5.87. The molecule has 0 aliphatic carbocycles. The smallest absolute Gasteiger partial charge is 0.241 e. The molecule has 6 heteroatoms. The third-order valence-electron chi connectivity index (χ3n) is 4.76. The van der Waals surface area contributed by atoms with E-state index < -0.39 is 6.04 Å². The first-order valence-electron chi connectivity index (χ1n) is 8.50. The lowest BCUT2D eigenvalue weighted by Gasteiger charge is -2.19. The molecule has 5 N–H and O–H groups in total. The summed E-state index contributed by atoms with van der Waals surface area (Å²) < 4.78 is 0. The van der Waals surface area contributed by atoms with Gasteiger partial charge < -0.3 is 21.7 Å². The highest BCUT2D eigenvalue weighted by Crippen LogP contribution is 2.31. The lowest BCUT2D eigenvalue weighted by Crippen LogP contribution is -2.47. The van der Waals surface area contributed by atoms with Gasteiger partial charge in [0.25, 0.3) is 0 Å². The number of hydrogen-bond donors (Lipinski definition) is 3. The first-order valence-corrected chi connectivity index (χ1v) is 8.50. The first-order chi connectivity index (χ1) is 11.4. The van der Waals surface area contributed by atoms with E-state index in [1.165, 1.54) is 5.56 Å². The molecule has 1 fully saturated rings. The summed E-state index contributed by atoms with van der Waals surface area (Å²) in [7, 11) is 0. The fraction of sp³-hybridized carbons (Fsp3) is 0.556. The largest absolute Gasteiger partial charge is 0.346 e. The summed E-state index contributed by atoms with van der Waals surface area (Å²) in [5, 5.41) is 2.64. The minimum Gasteiger partial charge on any atom is -0.346 e. The quantitative estimate of drug-likeness (QED) is 0.697. The number of carbonyl (C=O) groups is 2.